The third kappa shape index (κ3) is 5.11. The van der Waals surface area contributed by atoms with Gasteiger partial charge < -0.3 is 15.0 Å². The maximum Gasteiger partial charge on any atom is 0.254 e. The third-order valence-electron chi connectivity index (χ3n) is 3.52. The number of anilines is 1. The summed E-state index contributed by atoms with van der Waals surface area (Å²) in [7, 11) is 1.55. The number of ether oxygens (including phenoxy) is 1. The number of halogens is 2. The first-order chi connectivity index (χ1) is 11.9. The van der Waals surface area contributed by atoms with Crippen molar-refractivity contribution in [3.05, 3.63) is 58.1 Å². The number of amides is 2. The van der Waals surface area contributed by atoms with Crippen molar-refractivity contribution in [2.45, 2.75) is 6.92 Å². The van der Waals surface area contributed by atoms with Crippen molar-refractivity contribution in [3.63, 3.8) is 0 Å². The largest absolute Gasteiger partial charge is 0.497 e. The predicted molar refractivity (Wildman–Crippen MR) is 99.7 cm³/mol. The number of nitrogens with one attached hydrogen (secondary N) is 1. The molecule has 2 aromatic rings. The van der Waals surface area contributed by atoms with Gasteiger partial charge in [0.25, 0.3) is 5.91 Å². The Balaban J connectivity index is 2.05. The van der Waals surface area contributed by atoms with Gasteiger partial charge in [-0.25, -0.2) is 0 Å². The molecule has 5 nitrogen and oxygen atoms in total. The molecule has 0 spiro atoms. The minimum Gasteiger partial charge on any atom is -0.497 e. The van der Waals surface area contributed by atoms with Crippen LogP contribution in [0.5, 0.6) is 5.75 Å². The molecule has 0 heterocycles. The SMILES string of the molecule is CCN(CC(=O)Nc1cccc(OC)c1)C(=O)c1ccc(Cl)c(Cl)c1. The van der Waals surface area contributed by atoms with Crippen molar-refractivity contribution in [1.29, 1.82) is 0 Å². The number of nitrogens with zero attached hydrogens (tertiary/aromatic N) is 1. The Labute approximate surface area is 156 Å². The number of hydrogen-bond donors (Lipinski definition) is 1. The van der Waals surface area contributed by atoms with E-state index in [1.165, 1.54) is 11.0 Å². The van der Waals surface area contributed by atoms with E-state index in [1.54, 1.807) is 50.4 Å². The molecule has 2 aromatic carbocycles. The molecule has 0 aliphatic rings. The van der Waals surface area contributed by atoms with Gasteiger partial charge >= 0.3 is 0 Å². The van der Waals surface area contributed by atoms with Crippen molar-refractivity contribution in [3.8, 4) is 5.75 Å². The van der Waals surface area contributed by atoms with Crippen LogP contribution in [0.25, 0.3) is 0 Å². The van der Waals surface area contributed by atoms with E-state index in [-0.39, 0.29) is 18.4 Å². The van der Waals surface area contributed by atoms with Gasteiger partial charge in [-0.2, -0.15) is 0 Å². The normalized spacial score (nSPS) is 10.2. The number of methoxy groups -OCH3 is 1. The number of hydrogen-bond acceptors (Lipinski definition) is 3. The van der Waals surface area contributed by atoms with Gasteiger partial charge in [-0.3, -0.25) is 9.59 Å². The highest BCUT2D eigenvalue weighted by molar-refractivity contribution is 6.42. The van der Waals surface area contributed by atoms with Crippen LogP contribution in [0.3, 0.4) is 0 Å². The van der Waals surface area contributed by atoms with Crippen LogP contribution in [0.15, 0.2) is 42.5 Å². The number of carbonyl (C=O) groups excluding carboxylic acids is 2. The highest BCUT2D eigenvalue weighted by atomic mass is 35.5. The molecular formula is C18H18Cl2N2O3. The van der Waals surface area contributed by atoms with Gasteiger partial charge in [0.05, 0.1) is 17.2 Å². The maximum atomic E-state index is 12.6. The van der Waals surface area contributed by atoms with E-state index < -0.39 is 0 Å². The Bertz CT molecular complexity index is 781. The van der Waals surface area contributed by atoms with Crippen molar-refractivity contribution < 1.29 is 14.3 Å². The molecule has 0 aromatic heterocycles. The highest BCUT2D eigenvalue weighted by Crippen LogP contribution is 2.23. The molecule has 0 aliphatic heterocycles. The highest BCUT2D eigenvalue weighted by Gasteiger charge is 2.18. The summed E-state index contributed by atoms with van der Waals surface area (Å²) in [6.07, 6.45) is 0. The predicted octanol–water partition coefficient (Wildman–Crippen LogP) is 4.10. The molecule has 25 heavy (non-hydrogen) atoms. The van der Waals surface area contributed by atoms with Crippen LogP contribution >= 0.6 is 23.2 Å². The van der Waals surface area contributed by atoms with Crippen molar-refractivity contribution in [2.24, 2.45) is 0 Å². The molecule has 7 heteroatoms. The Morgan fingerprint density at radius 3 is 2.52 bits per heavy atom. The molecule has 1 N–H and O–H groups in total. The molecule has 0 unspecified atom stereocenters. The van der Waals surface area contributed by atoms with E-state index in [4.69, 9.17) is 27.9 Å². The van der Waals surface area contributed by atoms with Crippen LogP contribution in [0.4, 0.5) is 5.69 Å². The van der Waals surface area contributed by atoms with Gasteiger partial charge in [0.1, 0.15) is 12.3 Å². The average Bonchev–Trinajstić information content (AvgIpc) is 2.61. The zero-order chi connectivity index (χ0) is 18.4. The lowest BCUT2D eigenvalue weighted by Crippen LogP contribution is -2.37. The van der Waals surface area contributed by atoms with E-state index in [2.05, 4.69) is 5.32 Å². The molecule has 2 amide bonds. The van der Waals surface area contributed by atoms with Crippen LogP contribution in [0.2, 0.25) is 10.0 Å². The average molecular weight is 381 g/mol. The second kappa shape index (κ2) is 8.74. The lowest BCUT2D eigenvalue weighted by atomic mass is 10.2. The Hall–Kier alpha value is -2.24. The molecule has 0 fully saturated rings. The molecule has 2 rings (SSSR count). The van der Waals surface area contributed by atoms with Crippen LogP contribution in [0, 0.1) is 0 Å². The van der Waals surface area contributed by atoms with E-state index >= 15 is 0 Å². The fraction of sp³-hybridized carbons (Fsp3) is 0.222. The topological polar surface area (TPSA) is 58.6 Å². The monoisotopic (exact) mass is 380 g/mol. The first-order valence-corrected chi connectivity index (χ1v) is 8.38. The molecule has 0 saturated carbocycles. The molecular weight excluding hydrogens is 363 g/mol. The van der Waals surface area contributed by atoms with E-state index in [0.29, 0.717) is 33.6 Å². The molecule has 0 atom stereocenters. The lowest BCUT2D eigenvalue weighted by Gasteiger charge is -2.20. The van der Waals surface area contributed by atoms with Crippen LogP contribution in [0.1, 0.15) is 17.3 Å². The van der Waals surface area contributed by atoms with E-state index in [1.807, 2.05) is 0 Å². The summed E-state index contributed by atoms with van der Waals surface area (Å²) in [6, 6.07) is 11.6. The smallest absolute Gasteiger partial charge is 0.254 e. The van der Waals surface area contributed by atoms with Gasteiger partial charge in [0.2, 0.25) is 5.91 Å². The molecule has 0 bridgehead atoms. The van der Waals surface area contributed by atoms with Gasteiger partial charge in [-0.05, 0) is 37.3 Å². The summed E-state index contributed by atoms with van der Waals surface area (Å²) in [5, 5.41) is 3.42. The molecule has 0 aliphatic carbocycles. The van der Waals surface area contributed by atoms with Crippen molar-refractivity contribution in [1.82, 2.24) is 4.90 Å². The van der Waals surface area contributed by atoms with Crippen LogP contribution < -0.4 is 10.1 Å². The Kier molecular flexibility index (Phi) is 6.67. The number of carbonyl (C=O) groups is 2. The summed E-state index contributed by atoms with van der Waals surface area (Å²) in [5.41, 5.74) is 0.979. The standard InChI is InChI=1S/C18H18Cl2N2O3/c1-3-22(18(24)12-7-8-15(19)16(20)9-12)11-17(23)21-13-5-4-6-14(10-13)25-2/h4-10H,3,11H2,1-2H3,(H,21,23). The first kappa shape index (κ1) is 19.1. The van der Waals surface area contributed by atoms with Crippen molar-refractivity contribution in [2.75, 3.05) is 25.5 Å². The van der Waals surface area contributed by atoms with Gasteiger partial charge in [0.15, 0.2) is 0 Å². The second-order valence-electron chi connectivity index (χ2n) is 5.23. The van der Waals surface area contributed by atoms with Crippen LogP contribution in [-0.2, 0) is 4.79 Å². The molecule has 0 saturated heterocycles. The van der Waals surface area contributed by atoms with E-state index in [9.17, 15) is 9.59 Å². The number of rotatable bonds is 6. The zero-order valence-electron chi connectivity index (χ0n) is 13.9. The number of benzene rings is 2. The summed E-state index contributed by atoms with van der Waals surface area (Å²) in [6.45, 7) is 2.10. The number of likely N-dealkylation sites (N-methyl/N-ethyl adjacent to an activating group) is 1. The van der Waals surface area contributed by atoms with Crippen LogP contribution in [-0.4, -0.2) is 36.9 Å². The van der Waals surface area contributed by atoms with Gasteiger partial charge in [-0.1, -0.05) is 29.3 Å². The summed E-state index contributed by atoms with van der Waals surface area (Å²) in [5.74, 6) is 0.0439. The quantitative estimate of drug-likeness (QED) is 0.820. The third-order valence-corrected chi connectivity index (χ3v) is 4.26. The first-order valence-electron chi connectivity index (χ1n) is 7.62. The minimum absolute atomic E-state index is 0.0766. The molecule has 132 valence electrons. The fourth-order valence-electron chi connectivity index (χ4n) is 2.21. The minimum atomic E-state index is -0.302. The van der Waals surface area contributed by atoms with Gasteiger partial charge in [0, 0.05) is 23.9 Å². The molecule has 0 radical (unpaired) electrons. The maximum absolute atomic E-state index is 12.6. The Morgan fingerprint density at radius 2 is 1.88 bits per heavy atom. The van der Waals surface area contributed by atoms with Crippen molar-refractivity contribution >= 4 is 40.7 Å². The van der Waals surface area contributed by atoms with Gasteiger partial charge in [-0.15, -0.1) is 0 Å². The summed E-state index contributed by atoms with van der Waals surface area (Å²) >= 11 is 11.8. The Morgan fingerprint density at radius 1 is 1.12 bits per heavy atom. The zero-order valence-corrected chi connectivity index (χ0v) is 15.4. The summed E-state index contributed by atoms with van der Waals surface area (Å²) < 4.78 is 5.12. The lowest BCUT2D eigenvalue weighted by molar-refractivity contribution is -0.116. The van der Waals surface area contributed by atoms with E-state index in [0.717, 1.165) is 0 Å². The second-order valence-corrected chi connectivity index (χ2v) is 6.04. The fourth-order valence-corrected chi connectivity index (χ4v) is 2.51. The summed E-state index contributed by atoms with van der Waals surface area (Å²) in [4.78, 5) is 26.2.